The minimum absolute atomic E-state index is 0.584. The predicted molar refractivity (Wildman–Crippen MR) is 256 cm³/mol. The lowest BCUT2D eigenvalue weighted by Crippen LogP contribution is -2.01. The van der Waals surface area contributed by atoms with Gasteiger partial charge in [-0.05, 0) is 92.0 Å². The summed E-state index contributed by atoms with van der Waals surface area (Å²) in [6.07, 6.45) is 0. The molecule has 0 bridgehead atoms. The van der Waals surface area contributed by atoms with Crippen molar-refractivity contribution < 1.29 is 4.42 Å². The molecule has 3 heterocycles. The molecule has 288 valence electrons. The van der Waals surface area contributed by atoms with Crippen molar-refractivity contribution in [2.24, 2.45) is 0 Å². The van der Waals surface area contributed by atoms with Crippen LogP contribution in [0.3, 0.4) is 0 Å². The van der Waals surface area contributed by atoms with E-state index in [2.05, 4.69) is 168 Å². The van der Waals surface area contributed by atoms with Crippen LogP contribution in [0.25, 0.3) is 127 Å². The van der Waals surface area contributed by atoms with Crippen LogP contribution >= 0.6 is 0 Å². The van der Waals surface area contributed by atoms with Crippen LogP contribution < -0.4 is 0 Å². The smallest absolute Gasteiger partial charge is 0.164 e. The number of rotatable bonds is 5. The van der Waals surface area contributed by atoms with E-state index in [9.17, 15) is 0 Å². The molecule has 0 spiro atoms. The predicted octanol–water partition coefficient (Wildman–Crippen LogP) is 15.0. The molecule has 5 nitrogen and oxygen atoms in total. The van der Waals surface area contributed by atoms with Crippen molar-refractivity contribution in [1.29, 1.82) is 0 Å². The number of furan rings is 1. The molecule has 0 N–H and O–H groups in total. The van der Waals surface area contributed by atoms with Crippen molar-refractivity contribution in [2.75, 3.05) is 0 Å². The van der Waals surface area contributed by atoms with Gasteiger partial charge in [-0.2, -0.15) is 0 Å². The molecule has 3 aromatic heterocycles. The minimum atomic E-state index is 0.584. The fourth-order valence-corrected chi connectivity index (χ4v) is 9.51. The number of benzene rings is 10. The average molecular weight is 791 g/mol. The average Bonchev–Trinajstić information content (AvgIpc) is 3.89. The summed E-state index contributed by atoms with van der Waals surface area (Å²) in [4.78, 5) is 15.3. The van der Waals surface area contributed by atoms with Crippen molar-refractivity contribution in [1.82, 2.24) is 19.5 Å². The van der Waals surface area contributed by atoms with Crippen molar-refractivity contribution >= 4 is 76.1 Å². The Balaban J connectivity index is 0.965. The Kier molecular flexibility index (Phi) is 7.54. The maximum absolute atomic E-state index is 6.65. The molecule has 0 saturated heterocycles. The molecular formula is C57H34N4O. The Morgan fingerprint density at radius 1 is 0.323 bits per heavy atom. The van der Waals surface area contributed by atoms with Crippen molar-refractivity contribution in [3.8, 4) is 51.0 Å². The van der Waals surface area contributed by atoms with Crippen LogP contribution in [0.2, 0.25) is 0 Å². The first-order valence-electron chi connectivity index (χ1n) is 20.9. The molecule has 0 aliphatic heterocycles. The molecule has 0 amide bonds. The molecule has 0 aliphatic rings. The van der Waals surface area contributed by atoms with Gasteiger partial charge in [-0.25, -0.2) is 15.0 Å². The number of hydrogen-bond acceptors (Lipinski definition) is 4. The molecule has 62 heavy (non-hydrogen) atoms. The second kappa shape index (κ2) is 13.6. The van der Waals surface area contributed by atoms with Crippen molar-refractivity contribution in [3.63, 3.8) is 0 Å². The number of aromatic nitrogens is 4. The minimum Gasteiger partial charge on any atom is -0.456 e. The van der Waals surface area contributed by atoms with E-state index in [1.807, 2.05) is 42.5 Å². The van der Waals surface area contributed by atoms with Crippen LogP contribution in [-0.4, -0.2) is 19.5 Å². The zero-order chi connectivity index (χ0) is 40.7. The molecule has 0 saturated carbocycles. The molecule has 5 heteroatoms. The fourth-order valence-electron chi connectivity index (χ4n) is 9.51. The molecule has 13 rings (SSSR count). The lowest BCUT2D eigenvalue weighted by molar-refractivity contribution is 0.669. The third-order valence-electron chi connectivity index (χ3n) is 12.4. The van der Waals surface area contributed by atoms with Crippen LogP contribution in [0.4, 0.5) is 0 Å². The van der Waals surface area contributed by atoms with Gasteiger partial charge in [0.15, 0.2) is 17.5 Å². The molecule has 13 aromatic rings. The van der Waals surface area contributed by atoms with Crippen LogP contribution in [0.5, 0.6) is 0 Å². The summed E-state index contributed by atoms with van der Waals surface area (Å²) >= 11 is 0. The lowest BCUT2D eigenvalue weighted by Gasteiger charge is -2.12. The Labute approximate surface area is 355 Å². The van der Waals surface area contributed by atoms with E-state index in [1.165, 1.54) is 43.4 Å². The number of hydrogen-bond donors (Lipinski definition) is 0. The summed E-state index contributed by atoms with van der Waals surface area (Å²) < 4.78 is 9.08. The van der Waals surface area contributed by atoms with Crippen LogP contribution in [0, 0.1) is 0 Å². The van der Waals surface area contributed by atoms with Crippen LogP contribution in [-0.2, 0) is 0 Å². The zero-order valence-electron chi connectivity index (χ0n) is 33.3. The van der Waals surface area contributed by atoms with Gasteiger partial charge >= 0.3 is 0 Å². The summed E-state index contributed by atoms with van der Waals surface area (Å²) in [6.45, 7) is 0. The molecule has 0 atom stereocenters. The van der Waals surface area contributed by atoms with E-state index in [4.69, 9.17) is 19.4 Å². The Morgan fingerprint density at radius 2 is 0.952 bits per heavy atom. The first kappa shape index (κ1) is 34.5. The van der Waals surface area contributed by atoms with Crippen LogP contribution in [0.15, 0.2) is 211 Å². The Bertz CT molecular complexity index is 3920. The van der Waals surface area contributed by atoms with E-state index in [0.29, 0.717) is 17.5 Å². The van der Waals surface area contributed by atoms with Crippen molar-refractivity contribution in [3.05, 3.63) is 206 Å². The molecule has 0 fully saturated rings. The van der Waals surface area contributed by atoms with E-state index < -0.39 is 0 Å². The largest absolute Gasteiger partial charge is 0.456 e. The summed E-state index contributed by atoms with van der Waals surface area (Å²) in [5.74, 6) is 1.81. The highest BCUT2D eigenvalue weighted by molar-refractivity contribution is 6.24. The highest BCUT2D eigenvalue weighted by Gasteiger charge is 2.20. The third-order valence-corrected chi connectivity index (χ3v) is 12.4. The van der Waals surface area contributed by atoms with E-state index in [0.717, 1.165) is 66.2 Å². The fraction of sp³-hybridized carbons (Fsp3) is 0. The maximum Gasteiger partial charge on any atom is 0.164 e. The van der Waals surface area contributed by atoms with E-state index in [-0.39, 0.29) is 0 Å². The normalized spacial score (nSPS) is 11.9. The zero-order valence-corrected chi connectivity index (χ0v) is 33.3. The van der Waals surface area contributed by atoms with Gasteiger partial charge in [-0.3, -0.25) is 0 Å². The maximum atomic E-state index is 6.65. The highest BCUT2D eigenvalue weighted by atomic mass is 16.3. The van der Waals surface area contributed by atoms with Gasteiger partial charge in [-0.15, -0.1) is 0 Å². The molecular weight excluding hydrogens is 757 g/mol. The Morgan fingerprint density at radius 3 is 1.77 bits per heavy atom. The molecule has 0 unspecified atom stereocenters. The monoisotopic (exact) mass is 790 g/mol. The number of nitrogens with zero attached hydrogens (tertiary/aromatic N) is 4. The first-order chi connectivity index (χ1) is 30.7. The molecule has 0 radical (unpaired) electrons. The lowest BCUT2D eigenvalue weighted by atomic mass is 9.99. The van der Waals surface area contributed by atoms with E-state index >= 15 is 0 Å². The second-order valence-corrected chi connectivity index (χ2v) is 16.0. The van der Waals surface area contributed by atoms with Gasteiger partial charge in [-0.1, -0.05) is 158 Å². The summed E-state index contributed by atoms with van der Waals surface area (Å²) in [5, 5.41) is 11.9. The summed E-state index contributed by atoms with van der Waals surface area (Å²) in [7, 11) is 0. The topological polar surface area (TPSA) is 56.7 Å². The van der Waals surface area contributed by atoms with E-state index in [1.54, 1.807) is 0 Å². The third kappa shape index (κ3) is 5.38. The van der Waals surface area contributed by atoms with Crippen LogP contribution in [0.1, 0.15) is 0 Å². The molecule has 10 aromatic carbocycles. The Hall–Kier alpha value is -8.41. The van der Waals surface area contributed by atoms with Gasteiger partial charge in [0.1, 0.15) is 11.2 Å². The first-order valence-corrected chi connectivity index (χ1v) is 20.9. The standard InChI is InChI=1S/C57H34N4O/c1-3-13-35(14-4-1)43-20-11-12-22-46(43)57-59-55(37-16-5-2-6-17-37)58-56(60-57)41-23-27-47-52(34-41)62-51-30-25-40-31-42(26-28-45(40)54(47)51)61-49-29-24-36-15-9-10-21-44(36)53(49)48-32-38-18-7-8-19-39(38)33-50(48)61/h1-34H. The van der Waals surface area contributed by atoms with Gasteiger partial charge in [0, 0.05) is 43.9 Å². The SMILES string of the molecule is c1ccc(-c2nc(-c3ccc4c(c3)oc3ccc5cc(-n6c7cc8ccccc8cc7c7c8ccccc8ccc76)ccc5c34)nc(-c3ccccc3-c3ccccc3)n2)cc1. The quantitative estimate of drug-likeness (QED) is 0.174. The van der Waals surface area contributed by atoms with Gasteiger partial charge in [0.05, 0.1) is 11.0 Å². The van der Waals surface area contributed by atoms with Gasteiger partial charge in [0.2, 0.25) is 0 Å². The number of fused-ring (bicyclic) bond motifs is 11. The van der Waals surface area contributed by atoms with Gasteiger partial charge < -0.3 is 8.98 Å². The van der Waals surface area contributed by atoms with Crippen molar-refractivity contribution in [2.45, 2.75) is 0 Å². The summed E-state index contributed by atoms with van der Waals surface area (Å²) in [5.41, 5.74) is 10.0. The second-order valence-electron chi connectivity index (χ2n) is 16.0. The summed E-state index contributed by atoms with van der Waals surface area (Å²) in [6, 6.07) is 72.8. The highest BCUT2D eigenvalue weighted by Crippen LogP contribution is 2.42. The molecule has 0 aliphatic carbocycles. The van der Waals surface area contributed by atoms with Gasteiger partial charge in [0.25, 0.3) is 0 Å².